The van der Waals surface area contributed by atoms with Crippen molar-refractivity contribution in [1.82, 2.24) is 4.57 Å². The molecule has 0 unspecified atom stereocenters. The summed E-state index contributed by atoms with van der Waals surface area (Å²) in [5.74, 6) is 0. The second kappa shape index (κ2) is 13.2. The average molecular weight is 929 g/mol. The van der Waals surface area contributed by atoms with Crippen LogP contribution in [0, 0.1) is 0 Å². The summed E-state index contributed by atoms with van der Waals surface area (Å²) in [5, 5.41) is 4.24. The van der Waals surface area contributed by atoms with Gasteiger partial charge in [-0.3, -0.25) is 0 Å². The second-order valence-corrected chi connectivity index (χ2v) is 27.5. The minimum absolute atomic E-state index is 0.00278. The summed E-state index contributed by atoms with van der Waals surface area (Å²) < 4.78 is 5.62. The van der Waals surface area contributed by atoms with Crippen LogP contribution in [0.4, 0.5) is 11.4 Å². The van der Waals surface area contributed by atoms with Crippen molar-refractivity contribution in [3.63, 3.8) is 0 Å². The molecule has 5 aliphatic rings. The van der Waals surface area contributed by atoms with Gasteiger partial charge in [-0.25, -0.2) is 0 Å². The highest BCUT2D eigenvalue weighted by molar-refractivity contribution is 7.32. The van der Waals surface area contributed by atoms with Crippen molar-refractivity contribution >= 4 is 71.7 Å². The molecule has 2 aromatic heterocycles. The van der Waals surface area contributed by atoms with Gasteiger partial charge in [0.25, 0.3) is 0 Å². The Morgan fingerprint density at radius 3 is 1.81 bits per heavy atom. The lowest BCUT2D eigenvalue weighted by Gasteiger charge is -2.43. The quantitative estimate of drug-likeness (QED) is 0.149. The van der Waals surface area contributed by atoms with Gasteiger partial charge in [0, 0.05) is 53.4 Å². The first kappa shape index (κ1) is 43.0. The van der Waals surface area contributed by atoms with Crippen LogP contribution in [0.3, 0.4) is 0 Å². The molecule has 0 atom stereocenters. The first-order chi connectivity index (χ1) is 33.0. The summed E-state index contributed by atoms with van der Waals surface area (Å²) in [6.45, 7) is 34.0. The fourth-order valence-electron chi connectivity index (χ4n) is 14.5. The Labute approximate surface area is 419 Å². The number of fused-ring (bicyclic) bond motifs is 19. The molecule has 0 amide bonds. The van der Waals surface area contributed by atoms with Gasteiger partial charge in [0.05, 0.1) is 16.7 Å². The molecule has 70 heavy (non-hydrogen) atoms. The van der Waals surface area contributed by atoms with Crippen LogP contribution in [0.25, 0.3) is 71.0 Å². The molecule has 0 N–H and O–H groups in total. The summed E-state index contributed by atoms with van der Waals surface area (Å²) in [4.78, 5) is 2.80. The van der Waals surface area contributed by atoms with Crippen molar-refractivity contribution in [2.45, 2.75) is 142 Å². The van der Waals surface area contributed by atoms with Gasteiger partial charge < -0.3 is 9.38 Å². The van der Waals surface area contributed by atoms with Crippen molar-refractivity contribution in [1.29, 1.82) is 0 Å². The maximum absolute atomic E-state index is 2.83. The number of nitrogens with zero attached hydrogens (tertiary/aromatic N) is 2. The number of rotatable bonds is 1. The molecule has 7 aromatic carbocycles. The molecular formula is C66H65BN2S. The molecule has 0 radical (unpaired) electrons. The zero-order valence-corrected chi connectivity index (χ0v) is 44.6. The Morgan fingerprint density at radius 1 is 0.529 bits per heavy atom. The number of benzene rings is 7. The zero-order valence-electron chi connectivity index (χ0n) is 43.8. The van der Waals surface area contributed by atoms with E-state index < -0.39 is 0 Å². The SMILES string of the molecule is CC(C)(C)c1ccc(N2B3c4sc5ccc(C(C)(C)C)cc5c4-n4c5cc6c(cc5c5c7c(c(c3c54)-c3cc4c(cc32)-c2ccccc2C4(C)C)-c2ccccc2C7(C)C)C(C)(C)CCC6(C)C)cc1. The molecule has 4 heteroatoms. The standard InChI is InChI=1S/C66H65BN2S/c1-61(2,3)36-23-26-38(27-24-36)69-51-34-41-39-19-15-17-21-45(39)65(11,12)47(41)32-43(51)54-53-40-20-16-18-22-46(40)66(13,14)56(53)55-42-33-48-49(64(9,10)30-29-63(48,7)8)35-50(42)68-58-44-31-37(62(4,5)6)25-28-52(44)70-60(58)67(69)57(54)59(55)68/h15-28,31-35H,29-30H2,1-14H3. The highest BCUT2D eigenvalue weighted by atomic mass is 32.1. The van der Waals surface area contributed by atoms with Crippen LogP contribution >= 0.6 is 11.3 Å². The van der Waals surface area contributed by atoms with Crippen molar-refractivity contribution in [3.05, 3.63) is 160 Å². The molecule has 0 saturated carbocycles. The van der Waals surface area contributed by atoms with Crippen molar-refractivity contribution in [3.8, 4) is 39.1 Å². The van der Waals surface area contributed by atoms with E-state index in [0.717, 1.165) is 0 Å². The molecule has 0 spiro atoms. The Balaban J connectivity index is 1.25. The van der Waals surface area contributed by atoms with E-state index in [0.29, 0.717) is 0 Å². The second-order valence-electron chi connectivity index (χ2n) is 26.4. The minimum atomic E-state index is -0.247. The highest BCUT2D eigenvalue weighted by Crippen LogP contribution is 2.62. The molecule has 4 heterocycles. The summed E-state index contributed by atoms with van der Waals surface area (Å²) in [6.07, 6.45) is 2.36. The lowest BCUT2D eigenvalue weighted by molar-refractivity contribution is 0.332. The van der Waals surface area contributed by atoms with E-state index >= 15 is 0 Å². The molecular weight excluding hydrogens is 864 g/mol. The van der Waals surface area contributed by atoms with E-state index in [9.17, 15) is 0 Å². The van der Waals surface area contributed by atoms with Crippen molar-refractivity contribution in [2.24, 2.45) is 0 Å². The third-order valence-electron chi connectivity index (χ3n) is 18.5. The van der Waals surface area contributed by atoms with Crippen LogP contribution < -0.4 is 15.1 Å². The summed E-state index contributed by atoms with van der Waals surface area (Å²) in [7, 11) is 0. The molecule has 2 nitrogen and oxygen atoms in total. The first-order valence-corrected chi connectivity index (χ1v) is 26.9. The van der Waals surface area contributed by atoms with Crippen LogP contribution in [0.5, 0.6) is 0 Å². The van der Waals surface area contributed by atoms with Crippen LogP contribution in [0.15, 0.2) is 115 Å². The third kappa shape index (κ3) is 5.27. The maximum atomic E-state index is 2.83. The fraction of sp³-hybridized carbons (Fsp3) is 0.333. The van der Waals surface area contributed by atoms with E-state index in [4.69, 9.17) is 0 Å². The normalized spacial score (nSPS) is 18.1. The van der Waals surface area contributed by atoms with Gasteiger partial charge in [-0.2, -0.15) is 0 Å². The molecule has 348 valence electrons. The monoisotopic (exact) mass is 928 g/mol. The molecule has 0 bridgehead atoms. The van der Waals surface area contributed by atoms with Gasteiger partial charge in [-0.05, 0) is 161 Å². The Bertz CT molecular complexity index is 3850. The molecule has 2 aliphatic heterocycles. The van der Waals surface area contributed by atoms with E-state index in [1.165, 1.54) is 150 Å². The average Bonchev–Trinajstić information content (AvgIpc) is 3.99. The number of anilines is 2. The first-order valence-electron chi connectivity index (χ1n) is 26.1. The molecule has 9 aromatic rings. The Morgan fingerprint density at radius 2 is 1.14 bits per heavy atom. The van der Waals surface area contributed by atoms with Crippen LogP contribution in [-0.4, -0.2) is 11.4 Å². The van der Waals surface area contributed by atoms with Gasteiger partial charge in [0.15, 0.2) is 0 Å². The van der Waals surface area contributed by atoms with Crippen molar-refractivity contribution in [2.75, 3.05) is 4.81 Å². The van der Waals surface area contributed by atoms with Gasteiger partial charge in [-0.15, -0.1) is 11.3 Å². The largest absolute Gasteiger partial charge is 0.376 e. The molecule has 0 saturated heterocycles. The van der Waals surface area contributed by atoms with E-state index in [2.05, 4.69) is 222 Å². The van der Waals surface area contributed by atoms with Crippen LogP contribution in [0.2, 0.25) is 0 Å². The predicted octanol–water partition coefficient (Wildman–Crippen LogP) is 16.8. The number of aromatic nitrogens is 1. The molecule has 3 aliphatic carbocycles. The number of hydrogen-bond donors (Lipinski definition) is 0. The summed E-state index contributed by atoms with van der Waals surface area (Å²) in [5.41, 5.74) is 27.8. The molecule has 14 rings (SSSR count). The van der Waals surface area contributed by atoms with Crippen LogP contribution in [-0.2, 0) is 32.5 Å². The number of thiophene rings is 1. The minimum Gasteiger partial charge on any atom is -0.376 e. The summed E-state index contributed by atoms with van der Waals surface area (Å²) in [6, 6.07) is 46.5. The smallest absolute Gasteiger partial charge is 0.343 e. The Kier molecular flexibility index (Phi) is 8.09. The lowest BCUT2D eigenvalue weighted by Crippen LogP contribution is -2.59. The number of hydrogen-bond acceptors (Lipinski definition) is 2. The van der Waals surface area contributed by atoms with Gasteiger partial charge in [0.2, 0.25) is 0 Å². The predicted molar refractivity (Wildman–Crippen MR) is 303 cm³/mol. The van der Waals surface area contributed by atoms with Crippen LogP contribution in [0.1, 0.15) is 154 Å². The van der Waals surface area contributed by atoms with Gasteiger partial charge in [-0.1, -0.05) is 164 Å². The van der Waals surface area contributed by atoms with Crippen molar-refractivity contribution < 1.29 is 0 Å². The topological polar surface area (TPSA) is 8.17 Å². The van der Waals surface area contributed by atoms with Gasteiger partial charge in [0.1, 0.15) is 0 Å². The van der Waals surface area contributed by atoms with E-state index in [1.54, 1.807) is 0 Å². The Hall–Kier alpha value is -5.84. The van der Waals surface area contributed by atoms with Gasteiger partial charge >= 0.3 is 6.85 Å². The van der Waals surface area contributed by atoms with E-state index in [-0.39, 0.29) is 39.3 Å². The highest BCUT2D eigenvalue weighted by Gasteiger charge is 2.52. The summed E-state index contributed by atoms with van der Waals surface area (Å²) >= 11 is 2.03. The maximum Gasteiger partial charge on any atom is 0.343 e. The lowest BCUT2D eigenvalue weighted by atomic mass is 9.46. The third-order valence-corrected chi connectivity index (χ3v) is 19.7. The fourth-order valence-corrected chi connectivity index (χ4v) is 15.7. The zero-order chi connectivity index (χ0) is 48.7. The van der Waals surface area contributed by atoms with E-state index in [1.807, 2.05) is 11.3 Å². The molecule has 0 fully saturated rings.